The molecule has 0 aliphatic carbocycles. The summed E-state index contributed by atoms with van der Waals surface area (Å²) in [6.07, 6.45) is 0. The summed E-state index contributed by atoms with van der Waals surface area (Å²) in [6, 6.07) is 2.29. The highest BCUT2D eigenvalue weighted by Crippen LogP contribution is 2.42. The Morgan fingerprint density at radius 3 is 2.43 bits per heavy atom. The van der Waals surface area contributed by atoms with Gasteiger partial charge in [-0.3, -0.25) is 10.1 Å². The van der Waals surface area contributed by atoms with Crippen LogP contribution in [0.2, 0.25) is 0 Å². The van der Waals surface area contributed by atoms with Crippen LogP contribution >= 0.6 is 0 Å². The predicted octanol–water partition coefficient (Wildman–Crippen LogP) is 1.90. The van der Waals surface area contributed by atoms with E-state index in [0.29, 0.717) is 0 Å². The second-order valence-corrected chi connectivity index (χ2v) is 4.31. The van der Waals surface area contributed by atoms with E-state index in [1.54, 1.807) is 6.92 Å². The molecule has 1 heterocycles. The number of nitrogens with zero attached hydrogens (tertiary/aromatic N) is 1. The highest BCUT2D eigenvalue weighted by atomic mass is 16.6. The number of methoxy groups -OCH3 is 2. The van der Waals surface area contributed by atoms with Crippen LogP contribution in [0.25, 0.3) is 11.0 Å². The summed E-state index contributed by atoms with van der Waals surface area (Å²) in [6.45, 7) is 1.65. The fraction of sp³-hybridized carbons (Fsp3) is 0.286. The zero-order valence-electron chi connectivity index (χ0n) is 12.6. The zero-order chi connectivity index (χ0) is 17.1. The Morgan fingerprint density at radius 2 is 1.91 bits per heavy atom. The summed E-state index contributed by atoms with van der Waals surface area (Å²) in [5.41, 5.74) is -1.75. The molecule has 0 fully saturated rings. The van der Waals surface area contributed by atoms with Crippen molar-refractivity contribution in [2.24, 2.45) is 0 Å². The summed E-state index contributed by atoms with van der Waals surface area (Å²) in [4.78, 5) is 34.2. The number of carbonyl (C=O) groups excluding carboxylic acids is 1. The number of benzene rings is 1. The number of hydrogen-bond acceptors (Lipinski definition) is 8. The van der Waals surface area contributed by atoms with Crippen LogP contribution in [-0.4, -0.2) is 31.7 Å². The normalized spacial score (nSPS) is 10.4. The predicted molar refractivity (Wildman–Crippen MR) is 78.2 cm³/mol. The van der Waals surface area contributed by atoms with Gasteiger partial charge in [0.2, 0.25) is 11.5 Å². The second-order valence-electron chi connectivity index (χ2n) is 4.31. The van der Waals surface area contributed by atoms with Gasteiger partial charge in [0.15, 0.2) is 5.58 Å². The molecule has 2 rings (SSSR count). The third-order valence-corrected chi connectivity index (χ3v) is 3.01. The van der Waals surface area contributed by atoms with Gasteiger partial charge in [-0.25, -0.2) is 9.59 Å². The van der Waals surface area contributed by atoms with Gasteiger partial charge in [-0.2, -0.15) is 0 Å². The molecule has 122 valence electrons. The first-order valence-electron chi connectivity index (χ1n) is 6.48. The first kappa shape index (κ1) is 16.3. The van der Waals surface area contributed by atoms with Crippen molar-refractivity contribution >= 4 is 22.6 Å². The monoisotopic (exact) mass is 323 g/mol. The Bertz CT molecular complexity index is 839. The fourth-order valence-electron chi connectivity index (χ4n) is 2.07. The number of nitro groups is 1. The molecular weight excluding hydrogens is 310 g/mol. The molecule has 0 atom stereocenters. The molecule has 0 aliphatic heterocycles. The van der Waals surface area contributed by atoms with Gasteiger partial charge in [0.05, 0.1) is 25.7 Å². The maximum Gasteiger partial charge on any atom is 0.351 e. The molecule has 0 amide bonds. The highest BCUT2D eigenvalue weighted by molar-refractivity contribution is 5.96. The molecule has 0 spiro atoms. The number of nitro benzene ring substituents is 1. The van der Waals surface area contributed by atoms with Crippen LogP contribution in [0.1, 0.15) is 17.3 Å². The molecule has 23 heavy (non-hydrogen) atoms. The Hall–Kier alpha value is -3.10. The molecule has 2 aromatic rings. The molecule has 0 unspecified atom stereocenters. The molecule has 9 nitrogen and oxygen atoms in total. The first-order valence-corrected chi connectivity index (χ1v) is 6.48. The van der Waals surface area contributed by atoms with Gasteiger partial charge in [0, 0.05) is 11.5 Å². The third kappa shape index (κ3) is 2.80. The maximum atomic E-state index is 11.9. The van der Waals surface area contributed by atoms with E-state index in [-0.39, 0.29) is 40.3 Å². The molecule has 0 saturated heterocycles. The minimum Gasteiger partial charge on any atom is -0.490 e. The van der Waals surface area contributed by atoms with Crippen molar-refractivity contribution in [1.29, 1.82) is 0 Å². The Balaban J connectivity index is 2.84. The average molecular weight is 323 g/mol. The molecule has 9 heteroatoms. The summed E-state index contributed by atoms with van der Waals surface area (Å²) in [5.74, 6) is -1.16. The fourth-order valence-corrected chi connectivity index (χ4v) is 2.07. The number of esters is 1. The van der Waals surface area contributed by atoms with E-state index in [1.165, 1.54) is 14.2 Å². The smallest absolute Gasteiger partial charge is 0.351 e. The number of fused-ring (bicyclic) bond motifs is 1. The largest absolute Gasteiger partial charge is 0.490 e. The molecule has 1 aromatic carbocycles. The Kier molecular flexibility index (Phi) is 4.49. The number of carbonyl (C=O) groups is 1. The van der Waals surface area contributed by atoms with E-state index in [0.717, 1.165) is 12.1 Å². The van der Waals surface area contributed by atoms with Gasteiger partial charge in [0.25, 0.3) is 0 Å². The van der Waals surface area contributed by atoms with Crippen LogP contribution < -0.4 is 15.1 Å². The summed E-state index contributed by atoms with van der Waals surface area (Å²) < 4.78 is 19.9. The van der Waals surface area contributed by atoms with Crippen LogP contribution in [0.4, 0.5) is 5.69 Å². The molecule has 0 saturated carbocycles. The molecular formula is C14H13NO8. The van der Waals surface area contributed by atoms with Gasteiger partial charge >= 0.3 is 17.3 Å². The minimum absolute atomic E-state index is 0.0620. The summed E-state index contributed by atoms with van der Waals surface area (Å²) in [5, 5.41) is 11.3. The van der Waals surface area contributed by atoms with Crippen LogP contribution in [0.5, 0.6) is 11.5 Å². The zero-order valence-corrected chi connectivity index (χ0v) is 12.6. The molecule has 0 bridgehead atoms. The minimum atomic E-state index is -0.940. The molecule has 0 radical (unpaired) electrons. The van der Waals surface area contributed by atoms with Crippen molar-refractivity contribution in [2.75, 3.05) is 20.8 Å². The summed E-state index contributed by atoms with van der Waals surface area (Å²) in [7, 11) is 2.47. The van der Waals surface area contributed by atoms with E-state index in [9.17, 15) is 19.7 Å². The third-order valence-electron chi connectivity index (χ3n) is 3.01. The number of hydrogen-bond donors (Lipinski definition) is 0. The van der Waals surface area contributed by atoms with E-state index in [4.69, 9.17) is 18.6 Å². The van der Waals surface area contributed by atoms with Crippen molar-refractivity contribution < 1.29 is 28.3 Å². The van der Waals surface area contributed by atoms with Gasteiger partial charge in [-0.15, -0.1) is 0 Å². The van der Waals surface area contributed by atoms with Crippen molar-refractivity contribution in [2.45, 2.75) is 6.92 Å². The van der Waals surface area contributed by atoms with Crippen LogP contribution in [0, 0.1) is 10.1 Å². The van der Waals surface area contributed by atoms with Crippen LogP contribution in [0.3, 0.4) is 0 Å². The van der Waals surface area contributed by atoms with Crippen LogP contribution in [0.15, 0.2) is 21.3 Å². The standard InChI is InChI=1S/C14H13NO8/c1-4-22-13(16)8-5-7-6-9(15(18)19)11(20-2)12(21-3)10(7)23-14(8)17/h5-6H,4H2,1-3H3. The van der Waals surface area contributed by atoms with Gasteiger partial charge in [0.1, 0.15) is 5.56 Å². The quantitative estimate of drug-likeness (QED) is 0.354. The van der Waals surface area contributed by atoms with Gasteiger partial charge < -0.3 is 18.6 Å². The lowest BCUT2D eigenvalue weighted by molar-refractivity contribution is -0.385. The second kappa shape index (κ2) is 6.34. The number of rotatable bonds is 5. The molecule has 0 aliphatic rings. The highest BCUT2D eigenvalue weighted by Gasteiger charge is 2.26. The van der Waals surface area contributed by atoms with Crippen molar-refractivity contribution in [3.8, 4) is 11.5 Å². The van der Waals surface area contributed by atoms with E-state index >= 15 is 0 Å². The van der Waals surface area contributed by atoms with Gasteiger partial charge in [-0.1, -0.05) is 0 Å². The number of ether oxygens (including phenoxy) is 3. The maximum absolute atomic E-state index is 11.9. The SMILES string of the molecule is CCOC(=O)c1cc2cc([N+](=O)[O-])c(OC)c(OC)c2oc1=O. The average Bonchev–Trinajstić information content (AvgIpc) is 2.52. The van der Waals surface area contributed by atoms with Crippen LogP contribution in [-0.2, 0) is 4.74 Å². The lowest BCUT2D eigenvalue weighted by Gasteiger charge is -2.10. The van der Waals surface area contributed by atoms with E-state index < -0.39 is 16.5 Å². The van der Waals surface area contributed by atoms with Crippen molar-refractivity contribution in [1.82, 2.24) is 0 Å². The Labute approximate surface area is 129 Å². The summed E-state index contributed by atoms with van der Waals surface area (Å²) >= 11 is 0. The first-order chi connectivity index (χ1) is 10.9. The van der Waals surface area contributed by atoms with E-state index in [1.807, 2.05) is 0 Å². The topological polar surface area (TPSA) is 118 Å². The Morgan fingerprint density at radius 1 is 1.26 bits per heavy atom. The van der Waals surface area contributed by atoms with Crippen molar-refractivity contribution in [3.05, 3.63) is 38.2 Å². The van der Waals surface area contributed by atoms with Crippen molar-refractivity contribution in [3.63, 3.8) is 0 Å². The van der Waals surface area contributed by atoms with Gasteiger partial charge in [-0.05, 0) is 13.0 Å². The van der Waals surface area contributed by atoms with E-state index in [2.05, 4.69) is 0 Å². The molecule has 1 aromatic heterocycles. The lowest BCUT2D eigenvalue weighted by atomic mass is 10.1. The molecule has 0 N–H and O–H groups in total. The lowest BCUT2D eigenvalue weighted by Crippen LogP contribution is -2.16.